The Labute approximate surface area is 111 Å². The molecule has 106 valence electrons. The van der Waals surface area contributed by atoms with Gasteiger partial charge in [0.2, 0.25) is 17.7 Å². The van der Waals surface area contributed by atoms with E-state index in [-0.39, 0.29) is 23.0 Å². The number of alkyl halides is 3. The summed E-state index contributed by atoms with van der Waals surface area (Å²) < 4.78 is 43.6. The molecule has 0 unspecified atom stereocenters. The molecule has 0 bridgehead atoms. The van der Waals surface area contributed by atoms with Crippen LogP contribution in [-0.2, 0) is 11.0 Å². The molecular formula is C12H10F3N3O2. The van der Waals surface area contributed by atoms with Crippen LogP contribution >= 0.6 is 0 Å². The molecular weight excluding hydrogens is 275 g/mol. The Bertz CT molecular complexity index is 650. The van der Waals surface area contributed by atoms with Gasteiger partial charge in [-0.05, 0) is 18.2 Å². The highest BCUT2D eigenvalue weighted by Crippen LogP contribution is 2.34. The lowest BCUT2D eigenvalue weighted by molar-refractivity contribution is -0.137. The lowest BCUT2D eigenvalue weighted by Crippen LogP contribution is -2.10. The molecule has 8 heteroatoms. The summed E-state index contributed by atoms with van der Waals surface area (Å²) in [6.45, 7) is 2.73. The number of nitrogens with zero attached hydrogens (tertiary/aromatic N) is 2. The van der Waals surface area contributed by atoms with Crippen LogP contribution in [0.2, 0.25) is 0 Å². The van der Waals surface area contributed by atoms with Crippen LogP contribution in [0.15, 0.2) is 22.6 Å². The molecule has 0 spiro atoms. The second-order valence-corrected chi connectivity index (χ2v) is 4.10. The summed E-state index contributed by atoms with van der Waals surface area (Å²) >= 11 is 0. The van der Waals surface area contributed by atoms with Gasteiger partial charge in [-0.15, -0.1) is 10.2 Å². The fourth-order valence-electron chi connectivity index (χ4n) is 1.60. The number of nitrogens with one attached hydrogen (secondary N) is 1. The van der Waals surface area contributed by atoms with Crippen molar-refractivity contribution in [2.24, 2.45) is 0 Å². The van der Waals surface area contributed by atoms with Crippen LogP contribution in [0.4, 0.5) is 18.9 Å². The molecule has 0 aliphatic carbocycles. The first kappa shape index (κ1) is 14.0. The third kappa shape index (κ3) is 3.14. The van der Waals surface area contributed by atoms with Crippen molar-refractivity contribution in [2.75, 3.05) is 5.32 Å². The molecule has 0 aliphatic heterocycles. The molecule has 1 aromatic heterocycles. The Balaban J connectivity index is 2.53. The van der Waals surface area contributed by atoms with E-state index in [2.05, 4.69) is 15.5 Å². The summed E-state index contributed by atoms with van der Waals surface area (Å²) in [7, 11) is 0. The number of aryl methyl sites for hydroxylation is 1. The number of benzene rings is 1. The zero-order valence-corrected chi connectivity index (χ0v) is 10.6. The first-order chi connectivity index (χ1) is 9.25. The molecule has 1 amide bonds. The lowest BCUT2D eigenvalue weighted by atomic mass is 10.1. The van der Waals surface area contributed by atoms with Gasteiger partial charge in [0.25, 0.3) is 0 Å². The standard InChI is InChI=1S/C12H10F3N3O2/c1-6(19)16-10-4-8(11-18-17-7(2)20-11)3-9(5-10)12(13,14)15/h3-5H,1-2H3,(H,16,19). The number of rotatable bonds is 2. The molecule has 0 radical (unpaired) electrons. The minimum atomic E-state index is -4.54. The Morgan fingerprint density at radius 1 is 1.25 bits per heavy atom. The van der Waals surface area contributed by atoms with Crippen molar-refractivity contribution >= 4 is 11.6 Å². The monoisotopic (exact) mass is 285 g/mol. The second-order valence-electron chi connectivity index (χ2n) is 4.10. The van der Waals surface area contributed by atoms with E-state index in [0.717, 1.165) is 12.1 Å². The average Bonchev–Trinajstić information content (AvgIpc) is 2.73. The van der Waals surface area contributed by atoms with Crippen LogP contribution in [0.1, 0.15) is 18.4 Å². The zero-order chi connectivity index (χ0) is 14.9. The number of carbonyl (C=O) groups is 1. The van der Waals surface area contributed by atoms with Crippen LogP contribution in [-0.4, -0.2) is 16.1 Å². The van der Waals surface area contributed by atoms with Gasteiger partial charge in [-0.25, -0.2) is 0 Å². The first-order valence-corrected chi connectivity index (χ1v) is 5.56. The molecule has 2 aromatic rings. The van der Waals surface area contributed by atoms with Crippen LogP contribution in [0.25, 0.3) is 11.5 Å². The third-order valence-electron chi connectivity index (χ3n) is 2.35. The summed E-state index contributed by atoms with van der Waals surface area (Å²) in [4.78, 5) is 11.0. The van der Waals surface area contributed by atoms with Gasteiger partial charge in [-0.3, -0.25) is 4.79 Å². The van der Waals surface area contributed by atoms with Gasteiger partial charge in [-0.1, -0.05) is 0 Å². The number of aromatic nitrogens is 2. The van der Waals surface area contributed by atoms with Crippen LogP contribution in [0, 0.1) is 6.92 Å². The number of amides is 1. The Morgan fingerprint density at radius 3 is 2.45 bits per heavy atom. The Kier molecular flexibility index (Phi) is 3.47. The van der Waals surface area contributed by atoms with Crippen LogP contribution in [0.5, 0.6) is 0 Å². The van der Waals surface area contributed by atoms with Gasteiger partial charge in [0, 0.05) is 25.1 Å². The predicted molar refractivity (Wildman–Crippen MR) is 63.8 cm³/mol. The molecule has 0 saturated heterocycles. The highest BCUT2D eigenvalue weighted by atomic mass is 19.4. The van der Waals surface area contributed by atoms with Crippen molar-refractivity contribution in [3.8, 4) is 11.5 Å². The maximum absolute atomic E-state index is 12.8. The molecule has 20 heavy (non-hydrogen) atoms. The van der Waals surface area contributed by atoms with Gasteiger partial charge in [0.05, 0.1) is 5.56 Å². The molecule has 1 heterocycles. The minimum Gasteiger partial charge on any atom is -0.421 e. The fourth-order valence-corrected chi connectivity index (χ4v) is 1.60. The summed E-state index contributed by atoms with van der Waals surface area (Å²) in [5, 5.41) is 9.53. The smallest absolute Gasteiger partial charge is 0.416 e. The maximum atomic E-state index is 12.8. The molecule has 0 aliphatic rings. The number of hydrogen-bond donors (Lipinski definition) is 1. The highest BCUT2D eigenvalue weighted by molar-refractivity contribution is 5.89. The van der Waals surface area contributed by atoms with Crippen molar-refractivity contribution in [3.63, 3.8) is 0 Å². The molecule has 1 N–H and O–H groups in total. The quantitative estimate of drug-likeness (QED) is 0.920. The third-order valence-corrected chi connectivity index (χ3v) is 2.35. The van der Waals surface area contributed by atoms with E-state index in [4.69, 9.17) is 4.42 Å². The summed E-state index contributed by atoms with van der Waals surface area (Å²) in [5.41, 5.74) is -0.808. The predicted octanol–water partition coefficient (Wildman–Crippen LogP) is 3.02. The van der Waals surface area contributed by atoms with Gasteiger partial charge in [-0.2, -0.15) is 13.2 Å². The number of halogens is 3. The zero-order valence-electron chi connectivity index (χ0n) is 10.6. The topological polar surface area (TPSA) is 68.0 Å². The minimum absolute atomic E-state index is 0.0122. The number of anilines is 1. The maximum Gasteiger partial charge on any atom is 0.416 e. The van der Waals surface area contributed by atoms with Gasteiger partial charge >= 0.3 is 6.18 Å². The summed E-state index contributed by atoms with van der Waals surface area (Å²) in [6.07, 6.45) is -4.54. The molecule has 1 aromatic carbocycles. The van der Waals surface area contributed by atoms with Crippen LogP contribution in [0.3, 0.4) is 0 Å². The summed E-state index contributed by atoms with van der Waals surface area (Å²) in [6, 6.07) is 3.07. The van der Waals surface area contributed by atoms with Crippen molar-refractivity contribution in [1.82, 2.24) is 10.2 Å². The van der Waals surface area contributed by atoms with E-state index in [0.29, 0.717) is 0 Å². The van der Waals surface area contributed by atoms with Crippen molar-refractivity contribution in [2.45, 2.75) is 20.0 Å². The van der Waals surface area contributed by atoms with Crippen molar-refractivity contribution < 1.29 is 22.4 Å². The molecule has 2 rings (SSSR count). The normalized spacial score (nSPS) is 11.4. The lowest BCUT2D eigenvalue weighted by Gasteiger charge is -2.11. The molecule has 0 saturated carbocycles. The SMILES string of the molecule is CC(=O)Nc1cc(-c2nnc(C)o2)cc(C(F)(F)F)c1. The van der Waals surface area contributed by atoms with Crippen molar-refractivity contribution in [1.29, 1.82) is 0 Å². The van der Waals surface area contributed by atoms with E-state index in [9.17, 15) is 18.0 Å². The van der Waals surface area contributed by atoms with Crippen molar-refractivity contribution in [3.05, 3.63) is 29.7 Å². The van der Waals surface area contributed by atoms with E-state index in [1.165, 1.54) is 19.9 Å². The largest absolute Gasteiger partial charge is 0.421 e. The number of hydrogen-bond acceptors (Lipinski definition) is 4. The average molecular weight is 285 g/mol. The second kappa shape index (κ2) is 4.95. The molecule has 0 atom stereocenters. The first-order valence-electron chi connectivity index (χ1n) is 5.56. The van der Waals surface area contributed by atoms with Gasteiger partial charge in [0.15, 0.2) is 0 Å². The van der Waals surface area contributed by atoms with E-state index < -0.39 is 17.6 Å². The number of carbonyl (C=O) groups excluding carboxylic acids is 1. The molecule has 0 fully saturated rings. The molecule has 5 nitrogen and oxygen atoms in total. The van der Waals surface area contributed by atoms with Crippen LogP contribution < -0.4 is 5.32 Å². The fraction of sp³-hybridized carbons (Fsp3) is 0.250. The van der Waals surface area contributed by atoms with Gasteiger partial charge in [0.1, 0.15) is 0 Å². The Hall–Kier alpha value is -2.38. The van der Waals surface area contributed by atoms with Gasteiger partial charge < -0.3 is 9.73 Å². The van der Waals surface area contributed by atoms with E-state index >= 15 is 0 Å². The van der Waals surface area contributed by atoms with E-state index in [1.54, 1.807) is 0 Å². The summed E-state index contributed by atoms with van der Waals surface area (Å²) in [5.74, 6) is -0.282. The van der Waals surface area contributed by atoms with E-state index in [1.807, 2.05) is 0 Å². The Morgan fingerprint density at radius 2 is 1.95 bits per heavy atom. The highest BCUT2D eigenvalue weighted by Gasteiger charge is 2.31.